The fourth-order valence-corrected chi connectivity index (χ4v) is 4.85. The lowest BCUT2D eigenvalue weighted by Gasteiger charge is -2.42. The van der Waals surface area contributed by atoms with Crippen molar-refractivity contribution in [3.63, 3.8) is 0 Å². The zero-order valence-electron chi connectivity index (χ0n) is 20.9. The summed E-state index contributed by atoms with van der Waals surface area (Å²) in [6, 6.07) is 20.8. The molecule has 1 aliphatic carbocycles. The lowest BCUT2D eigenvalue weighted by Crippen LogP contribution is -2.33. The predicted octanol–water partition coefficient (Wildman–Crippen LogP) is 7.50. The molecule has 0 atom stereocenters. The maximum atomic E-state index is 10.9. The van der Waals surface area contributed by atoms with Crippen molar-refractivity contribution in [1.29, 1.82) is 0 Å². The number of aldehydes is 1. The summed E-state index contributed by atoms with van der Waals surface area (Å²) in [5.74, 6) is 1.63. The smallest absolute Gasteiger partial charge is 0.142 e. The van der Waals surface area contributed by atoms with Crippen LogP contribution in [0.5, 0.6) is 11.5 Å². The molecule has 4 rings (SSSR count). The van der Waals surface area contributed by atoms with Crippen molar-refractivity contribution in [2.24, 2.45) is 0 Å². The van der Waals surface area contributed by atoms with Gasteiger partial charge in [-0.15, -0.1) is 0 Å². The van der Waals surface area contributed by atoms with Gasteiger partial charge in [-0.3, -0.25) is 4.79 Å². The molecular weight excluding hydrogens is 420 g/mol. The molecule has 176 valence electrons. The average Bonchev–Trinajstić information content (AvgIpc) is 2.84. The maximum Gasteiger partial charge on any atom is 0.142 e. The maximum absolute atomic E-state index is 10.9. The van der Waals surface area contributed by atoms with Crippen molar-refractivity contribution in [2.45, 2.75) is 58.0 Å². The van der Waals surface area contributed by atoms with Gasteiger partial charge in [0, 0.05) is 11.1 Å². The number of hydrogen-bond donors (Lipinski definition) is 0. The Labute approximate surface area is 203 Å². The Morgan fingerprint density at radius 2 is 1.47 bits per heavy atom. The molecule has 0 unspecified atom stereocenters. The molecule has 34 heavy (non-hydrogen) atoms. The van der Waals surface area contributed by atoms with E-state index in [1.54, 1.807) is 7.11 Å². The van der Waals surface area contributed by atoms with Crippen LogP contribution < -0.4 is 9.47 Å². The van der Waals surface area contributed by atoms with Gasteiger partial charge in [-0.1, -0.05) is 70.2 Å². The van der Waals surface area contributed by atoms with Crippen LogP contribution in [0.3, 0.4) is 0 Å². The van der Waals surface area contributed by atoms with Crippen LogP contribution in [0.2, 0.25) is 0 Å². The molecule has 3 nitrogen and oxygen atoms in total. The molecule has 0 saturated carbocycles. The topological polar surface area (TPSA) is 35.5 Å². The number of hydrogen-bond acceptors (Lipinski definition) is 3. The average molecular weight is 455 g/mol. The van der Waals surface area contributed by atoms with Crippen molar-refractivity contribution in [3.05, 3.63) is 89.0 Å². The Morgan fingerprint density at radius 3 is 2.12 bits per heavy atom. The second-order valence-electron chi connectivity index (χ2n) is 10.4. The normalized spacial score (nSPS) is 16.1. The van der Waals surface area contributed by atoms with Gasteiger partial charge in [0.1, 0.15) is 24.4 Å². The standard InChI is InChI=1S/C31H34O3/c1-30(2)15-16-31(3,4)27-20-29(34-21-23-10-7-6-8-11-23)25(19-26(27)30)24-18-22(12-9-17-32)13-14-28(24)33-5/h6-14,17-20H,15-16,21H2,1-5H3. The van der Waals surface area contributed by atoms with E-state index in [-0.39, 0.29) is 10.8 Å². The SMILES string of the molecule is COc1ccc(C=CC=O)cc1-c1cc2c(cc1OCc1ccccc1)C(C)(C)CCC2(C)C. The first kappa shape index (κ1) is 23.8. The molecule has 0 fully saturated rings. The molecule has 0 spiro atoms. The summed E-state index contributed by atoms with van der Waals surface area (Å²) in [4.78, 5) is 10.9. The van der Waals surface area contributed by atoms with E-state index in [2.05, 4.69) is 58.0 Å². The minimum atomic E-state index is 0.0693. The summed E-state index contributed by atoms with van der Waals surface area (Å²) in [5.41, 5.74) is 6.90. The van der Waals surface area contributed by atoms with E-state index in [0.29, 0.717) is 6.61 Å². The van der Waals surface area contributed by atoms with Crippen molar-refractivity contribution in [3.8, 4) is 22.6 Å². The van der Waals surface area contributed by atoms with Crippen molar-refractivity contribution >= 4 is 12.4 Å². The van der Waals surface area contributed by atoms with Crippen LogP contribution in [0.1, 0.15) is 62.8 Å². The van der Waals surface area contributed by atoms with Crippen LogP contribution in [0.15, 0.2) is 66.7 Å². The van der Waals surface area contributed by atoms with Gasteiger partial charge in [0.25, 0.3) is 0 Å². The van der Waals surface area contributed by atoms with E-state index in [1.807, 2.05) is 36.4 Å². The van der Waals surface area contributed by atoms with E-state index in [4.69, 9.17) is 9.47 Å². The highest BCUT2D eigenvalue weighted by Crippen LogP contribution is 2.50. The number of methoxy groups -OCH3 is 1. The highest BCUT2D eigenvalue weighted by atomic mass is 16.5. The summed E-state index contributed by atoms with van der Waals surface area (Å²) >= 11 is 0. The Hall–Kier alpha value is -3.33. The number of carbonyl (C=O) groups excluding carboxylic acids is 1. The summed E-state index contributed by atoms with van der Waals surface area (Å²) < 4.78 is 12.3. The van der Waals surface area contributed by atoms with Crippen LogP contribution in [0, 0.1) is 0 Å². The molecule has 0 N–H and O–H groups in total. The predicted molar refractivity (Wildman–Crippen MR) is 140 cm³/mol. The number of fused-ring (bicyclic) bond motifs is 1. The minimum absolute atomic E-state index is 0.0693. The van der Waals surface area contributed by atoms with Gasteiger partial charge in [0.15, 0.2) is 0 Å². The van der Waals surface area contributed by atoms with E-state index < -0.39 is 0 Å². The summed E-state index contributed by atoms with van der Waals surface area (Å²) in [7, 11) is 1.69. The van der Waals surface area contributed by atoms with Gasteiger partial charge < -0.3 is 9.47 Å². The fourth-order valence-electron chi connectivity index (χ4n) is 4.85. The highest BCUT2D eigenvalue weighted by Gasteiger charge is 2.38. The van der Waals surface area contributed by atoms with Crippen LogP contribution in [-0.4, -0.2) is 13.4 Å². The lowest BCUT2D eigenvalue weighted by atomic mass is 9.62. The molecule has 0 aliphatic heterocycles. The number of benzene rings is 3. The number of carbonyl (C=O) groups is 1. The van der Waals surface area contributed by atoms with Crippen LogP contribution in [-0.2, 0) is 22.2 Å². The summed E-state index contributed by atoms with van der Waals surface area (Å²) in [6.45, 7) is 9.80. The third-order valence-corrected chi connectivity index (χ3v) is 7.07. The summed E-state index contributed by atoms with van der Waals surface area (Å²) in [5, 5.41) is 0. The Balaban J connectivity index is 1.91. The zero-order valence-corrected chi connectivity index (χ0v) is 20.9. The number of rotatable bonds is 7. The molecular formula is C31H34O3. The molecule has 0 heterocycles. The molecule has 0 radical (unpaired) electrons. The van der Waals surface area contributed by atoms with E-state index in [0.717, 1.165) is 52.9 Å². The number of allylic oxidation sites excluding steroid dienone is 1. The molecule has 1 aliphatic rings. The van der Waals surface area contributed by atoms with Gasteiger partial charge >= 0.3 is 0 Å². The highest BCUT2D eigenvalue weighted by molar-refractivity contribution is 5.81. The van der Waals surface area contributed by atoms with Gasteiger partial charge in [-0.2, -0.15) is 0 Å². The van der Waals surface area contributed by atoms with Gasteiger partial charge in [-0.05, 0) is 76.3 Å². The quantitative estimate of drug-likeness (QED) is 0.274. The number of ether oxygens (including phenoxy) is 2. The molecule has 0 bridgehead atoms. The largest absolute Gasteiger partial charge is 0.496 e. The van der Waals surface area contributed by atoms with Gasteiger partial charge in [0.05, 0.1) is 7.11 Å². The Kier molecular flexibility index (Phi) is 6.65. The third kappa shape index (κ3) is 4.79. The van der Waals surface area contributed by atoms with Gasteiger partial charge in [0.2, 0.25) is 0 Å². The van der Waals surface area contributed by atoms with Crippen molar-refractivity contribution < 1.29 is 14.3 Å². The molecule has 0 aromatic heterocycles. The fraction of sp³-hybridized carbons (Fsp3) is 0.323. The first-order valence-corrected chi connectivity index (χ1v) is 11.9. The van der Waals surface area contributed by atoms with E-state index >= 15 is 0 Å². The Bertz CT molecular complexity index is 1200. The van der Waals surface area contributed by atoms with Crippen molar-refractivity contribution in [1.82, 2.24) is 0 Å². The van der Waals surface area contributed by atoms with E-state index in [1.165, 1.54) is 17.2 Å². The lowest BCUT2D eigenvalue weighted by molar-refractivity contribution is -0.104. The van der Waals surface area contributed by atoms with Crippen LogP contribution >= 0.6 is 0 Å². The molecule has 0 amide bonds. The van der Waals surface area contributed by atoms with Gasteiger partial charge in [-0.25, -0.2) is 0 Å². The molecule has 0 saturated heterocycles. The molecule has 3 aromatic rings. The Morgan fingerprint density at radius 1 is 0.824 bits per heavy atom. The first-order valence-electron chi connectivity index (χ1n) is 11.9. The zero-order chi connectivity index (χ0) is 24.3. The molecule has 3 heteroatoms. The minimum Gasteiger partial charge on any atom is -0.496 e. The van der Waals surface area contributed by atoms with Crippen LogP contribution in [0.4, 0.5) is 0 Å². The van der Waals surface area contributed by atoms with Crippen LogP contribution in [0.25, 0.3) is 17.2 Å². The first-order chi connectivity index (χ1) is 16.2. The second kappa shape index (κ2) is 9.50. The monoisotopic (exact) mass is 454 g/mol. The van der Waals surface area contributed by atoms with E-state index in [9.17, 15) is 4.79 Å². The third-order valence-electron chi connectivity index (χ3n) is 7.07. The second-order valence-corrected chi connectivity index (χ2v) is 10.4. The summed E-state index contributed by atoms with van der Waals surface area (Å²) in [6.07, 6.45) is 6.39. The van der Waals surface area contributed by atoms with Crippen molar-refractivity contribution in [2.75, 3.05) is 7.11 Å². The molecule has 3 aromatic carbocycles.